The van der Waals surface area contributed by atoms with Crippen molar-refractivity contribution in [3.05, 3.63) is 11.3 Å². The second-order valence-corrected chi connectivity index (χ2v) is 3.65. The molecule has 0 bridgehead atoms. The minimum atomic E-state index is 0.347. The van der Waals surface area contributed by atoms with Gasteiger partial charge in [0.2, 0.25) is 0 Å². The van der Waals surface area contributed by atoms with Crippen molar-refractivity contribution in [3.8, 4) is 5.75 Å². The van der Waals surface area contributed by atoms with Crippen molar-refractivity contribution in [2.45, 2.75) is 18.9 Å². The van der Waals surface area contributed by atoms with Crippen molar-refractivity contribution >= 4 is 11.6 Å². The molecule has 1 aromatic rings. The first-order valence-electron chi connectivity index (χ1n) is 4.67. The van der Waals surface area contributed by atoms with Crippen molar-refractivity contribution in [1.29, 1.82) is 0 Å². The van der Waals surface area contributed by atoms with Gasteiger partial charge in [-0.15, -0.1) is 0 Å². The molecule has 0 unspecified atom stereocenters. The minimum Gasteiger partial charge on any atom is -0.492 e. The van der Waals surface area contributed by atoms with E-state index in [1.807, 2.05) is 4.68 Å². The van der Waals surface area contributed by atoms with Crippen LogP contribution >= 0.6 is 11.6 Å². The summed E-state index contributed by atoms with van der Waals surface area (Å²) in [6, 6.07) is 0.347. The summed E-state index contributed by atoms with van der Waals surface area (Å²) in [5, 5.41) is 4.80. The monoisotopic (exact) mass is 216 g/mol. The van der Waals surface area contributed by atoms with Crippen LogP contribution in [0.1, 0.15) is 18.9 Å². The summed E-state index contributed by atoms with van der Waals surface area (Å²) in [7, 11) is 1.59. The molecule has 0 N–H and O–H groups in total. The van der Waals surface area contributed by atoms with E-state index in [9.17, 15) is 0 Å². The fourth-order valence-corrected chi connectivity index (χ4v) is 1.96. The quantitative estimate of drug-likeness (QED) is 0.758. The van der Waals surface area contributed by atoms with Gasteiger partial charge in [-0.1, -0.05) is 11.6 Å². The molecule has 1 aliphatic rings. The molecular weight excluding hydrogens is 204 g/mol. The average Bonchev–Trinajstić information content (AvgIpc) is 2.61. The van der Waals surface area contributed by atoms with Gasteiger partial charge in [0, 0.05) is 13.2 Å². The summed E-state index contributed by atoms with van der Waals surface area (Å²) < 4.78 is 12.2. The van der Waals surface area contributed by atoms with Crippen LogP contribution in [0.2, 0.25) is 5.15 Å². The van der Waals surface area contributed by atoms with E-state index in [0.29, 0.717) is 16.9 Å². The van der Waals surface area contributed by atoms with Crippen LogP contribution in [0.4, 0.5) is 0 Å². The molecule has 1 aromatic heterocycles. The van der Waals surface area contributed by atoms with Crippen LogP contribution in [0.15, 0.2) is 6.20 Å². The Balaban J connectivity index is 2.18. The number of nitrogens with zero attached hydrogens (tertiary/aromatic N) is 2. The van der Waals surface area contributed by atoms with E-state index in [2.05, 4.69) is 5.10 Å². The zero-order valence-corrected chi connectivity index (χ0v) is 8.83. The lowest BCUT2D eigenvalue weighted by Gasteiger charge is -2.22. The molecule has 78 valence electrons. The van der Waals surface area contributed by atoms with Crippen molar-refractivity contribution in [2.75, 3.05) is 20.3 Å². The summed E-state index contributed by atoms with van der Waals surface area (Å²) in [6.45, 7) is 1.56. The van der Waals surface area contributed by atoms with Gasteiger partial charge in [-0.25, -0.2) is 4.68 Å². The lowest BCUT2D eigenvalue weighted by molar-refractivity contribution is 0.0663. The van der Waals surface area contributed by atoms with Gasteiger partial charge >= 0.3 is 0 Å². The number of hydrogen-bond donors (Lipinski definition) is 0. The first-order chi connectivity index (χ1) is 6.83. The molecule has 1 aliphatic heterocycles. The van der Waals surface area contributed by atoms with Crippen molar-refractivity contribution < 1.29 is 9.47 Å². The van der Waals surface area contributed by atoms with Gasteiger partial charge in [0.1, 0.15) is 0 Å². The second-order valence-electron chi connectivity index (χ2n) is 3.29. The average molecular weight is 217 g/mol. The van der Waals surface area contributed by atoms with Gasteiger partial charge < -0.3 is 9.47 Å². The Morgan fingerprint density at radius 1 is 1.57 bits per heavy atom. The third kappa shape index (κ3) is 1.72. The zero-order chi connectivity index (χ0) is 9.97. The number of rotatable bonds is 2. The third-order valence-corrected chi connectivity index (χ3v) is 2.82. The van der Waals surface area contributed by atoms with Gasteiger partial charge in [-0.05, 0) is 12.8 Å². The standard InChI is InChI=1S/C9H13ClN2O2/c1-13-8-6-11-12(9(8)10)7-2-4-14-5-3-7/h6-7H,2-5H2,1H3. The predicted molar refractivity (Wildman–Crippen MR) is 52.9 cm³/mol. The van der Waals surface area contributed by atoms with Gasteiger partial charge in [0.15, 0.2) is 10.9 Å². The Labute approximate surface area is 87.8 Å². The summed E-state index contributed by atoms with van der Waals surface area (Å²) >= 11 is 6.09. The Morgan fingerprint density at radius 2 is 2.29 bits per heavy atom. The number of ether oxygens (including phenoxy) is 2. The number of aromatic nitrogens is 2. The fraction of sp³-hybridized carbons (Fsp3) is 0.667. The van der Waals surface area contributed by atoms with Gasteiger partial charge in [0.25, 0.3) is 0 Å². The van der Waals surface area contributed by atoms with Crippen LogP contribution in [0.3, 0.4) is 0 Å². The number of halogens is 1. The van der Waals surface area contributed by atoms with E-state index in [4.69, 9.17) is 21.1 Å². The maximum absolute atomic E-state index is 6.09. The van der Waals surface area contributed by atoms with Crippen LogP contribution in [0, 0.1) is 0 Å². The molecule has 5 heteroatoms. The molecule has 1 saturated heterocycles. The molecule has 14 heavy (non-hydrogen) atoms. The topological polar surface area (TPSA) is 36.3 Å². The van der Waals surface area contributed by atoms with Crippen LogP contribution in [-0.4, -0.2) is 30.1 Å². The molecule has 0 spiro atoms. The highest BCUT2D eigenvalue weighted by Crippen LogP contribution is 2.30. The molecule has 0 amide bonds. The van der Waals surface area contributed by atoms with E-state index in [-0.39, 0.29) is 0 Å². The van der Waals surface area contributed by atoms with Crippen molar-refractivity contribution in [1.82, 2.24) is 9.78 Å². The first-order valence-corrected chi connectivity index (χ1v) is 5.05. The molecular formula is C9H13ClN2O2. The largest absolute Gasteiger partial charge is 0.492 e. The van der Waals surface area contributed by atoms with Crippen molar-refractivity contribution in [2.24, 2.45) is 0 Å². The highest BCUT2D eigenvalue weighted by molar-refractivity contribution is 6.31. The van der Waals surface area contributed by atoms with Gasteiger partial charge in [-0.3, -0.25) is 0 Å². The Morgan fingerprint density at radius 3 is 2.86 bits per heavy atom. The summed E-state index contributed by atoms with van der Waals surface area (Å²) in [6.07, 6.45) is 3.58. The smallest absolute Gasteiger partial charge is 0.175 e. The molecule has 2 heterocycles. The maximum atomic E-state index is 6.09. The molecule has 0 atom stereocenters. The zero-order valence-electron chi connectivity index (χ0n) is 8.07. The van der Waals surface area contributed by atoms with E-state index < -0.39 is 0 Å². The third-order valence-electron chi connectivity index (χ3n) is 2.46. The molecule has 0 aliphatic carbocycles. The normalized spacial score (nSPS) is 18.4. The van der Waals surface area contributed by atoms with Crippen LogP contribution in [0.25, 0.3) is 0 Å². The molecule has 0 radical (unpaired) electrons. The number of methoxy groups -OCH3 is 1. The Bertz CT molecular complexity index is 308. The van der Waals surface area contributed by atoms with E-state index in [1.165, 1.54) is 0 Å². The minimum absolute atomic E-state index is 0.347. The van der Waals surface area contributed by atoms with Crippen molar-refractivity contribution in [3.63, 3.8) is 0 Å². The molecule has 1 fully saturated rings. The molecule has 0 aromatic carbocycles. The number of hydrogen-bond acceptors (Lipinski definition) is 3. The van der Waals surface area contributed by atoms with E-state index >= 15 is 0 Å². The SMILES string of the molecule is COc1cnn(C2CCOCC2)c1Cl. The van der Waals surface area contributed by atoms with Gasteiger partial charge in [0.05, 0.1) is 19.3 Å². The second kappa shape index (κ2) is 4.19. The summed E-state index contributed by atoms with van der Waals surface area (Å²) in [5.74, 6) is 0.637. The lowest BCUT2D eigenvalue weighted by Crippen LogP contribution is -2.20. The molecule has 0 saturated carbocycles. The summed E-state index contributed by atoms with van der Waals surface area (Å²) in [5.41, 5.74) is 0. The first kappa shape index (κ1) is 9.80. The summed E-state index contributed by atoms with van der Waals surface area (Å²) in [4.78, 5) is 0. The highest BCUT2D eigenvalue weighted by atomic mass is 35.5. The highest BCUT2D eigenvalue weighted by Gasteiger charge is 2.20. The van der Waals surface area contributed by atoms with Crippen LogP contribution in [0.5, 0.6) is 5.75 Å². The lowest BCUT2D eigenvalue weighted by atomic mass is 10.1. The predicted octanol–water partition coefficient (Wildman–Crippen LogP) is 1.90. The van der Waals surface area contributed by atoms with E-state index in [1.54, 1.807) is 13.3 Å². The Kier molecular flexibility index (Phi) is 2.93. The van der Waals surface area contributed by atoms with E-state index in [0.717, 1.165) is 26.1 Å². The molecule has 4 nitrogen and oxygen atoms in total. The maximum Gasteiger partial charge on any atom is 0.175 e. The van der Waals surface area contributed by atoms with Crippen LogP contribution in [-0.2, 0) is 4.74 Å². The van der Waals surface area contributed by atoms with Crippen LogP contribution < -0.4 is 4.74 Å². The fourth-order valence-electron chi connectivity index (χ4n) is 1.65. The molecule has 2 rings (SSSR count). The Hall–Kier alpha value is -0.740. The van der Waals surface area contributed by atoms with Gasteiger partial charge in [-0.2, -0.15) is 5.10 Å².